The van der Waals surface area contributed by atoms with Crippen molar-refractivity contribution in [2.45, 2.75) is 4.90 Å². The molecule has 4 rings (SSSR count). The highest BCUT2D eigenvalue weighted by molar-refractivity contribution is 7.92. The number of methoxy groups -OCH3 is 2. The molecular weight excluding hydrogens is 416 g/mol. The second kappa shape index (κ2) is 8.49. The maximum atomic E-state index is 12.9. The molecule has 0 aliphatic carbocycles. The summed E-state index contributed by atoms with van der Waals surface area (Å²) in [5.41, 5.74) is 1.75. The van der Waals surface area contributed by atoms with E-state index in [0.29, 0.717) is 28.2 Å². The number of sulfonamides is 1. The summed E-state index contributed by atoms with van der Waals surface area (Å²) < 4.78 is 38.9. The van der Waals surface area contributed by atoms with Crippen LogP contribution in [-0.4, -0.2) is 32.6 Å². The molecule has 1 aromatic heterocycles. The summed E-state index contributed by atoms with van der Waals surface area (Å²) in [5.74, 6) is 1.44. The largest absolute Gasteiger partial charge is 0.497 e. The summed E-state index contributed by atoms with van der Waals surface area (Å²) in [4.78, 5) is 9.15. The highest BCUT2D eigenvalue weighted by Crippen LogP contribution is 2.31. The quantitative estimate of drug-likeness (QED) is 0.452. The lowest BCUT2D eigenvalue weighted by Gasteiger charge is -2.15. The molecule has 4 aromatic rings. The lowest BCUT2D eigenvalue weighted by Crippen LogP contribution is -2.16. The van der Waals surface area contributed by atoms with Gasteiger partial charge < -0.3 is 14.8 Å². The lowest BCUT2D eigenvalue weighted by molar-refractivity contribution is 0.395. The van der Waals surface area contributed by atoms with E-state index < -0.39 is 10.0 Å². The maximum Gasteiger partial charge on any atom is 0.263 e. The van der Waals surface area contributed by atoms with Crippen LogP contribution in [0.15, 0.2) is 71.6 Å². The van der Waals surface area contributed by atoms with Gasteiger partial charge in [-0.15, -0.1) is 0 Å². The monoisotopic (exact) mass is 435 g/mol. The van der Waals surface area contributed by atoms with Gasteiger partial charge in [-0.05, 0) is 30.3 Å². The van der Waals surface area contributed by atoms with Crippen molar-refractivity contribution >= 4 is 38.4 Å². The molecule has 0 aliphatic heterocycles. The minimum atomic E-state index is -3.88. The number of nitrogens with zero attached hydrogens (tertiary/aromatic N) is 2. The Morgan fingerprint density at radius 1 is 0.839 bits per heavy atom. The van der Waals surface area contributed by atoms with Crippen molar-refractivity contribution in [3.8, 4) is 11.5 Å². The van der Waals surface area contributed by atoms with Crippen LogP contribution in [0.1, 0.15) is 0 Å². The Kier molecular flexibility index (Phi) is 5.59. The van der Waals surface area contributed by atoms with E-state index >= 15 is 0 Å². The standard InChI is InChI=1S/C22H19N4O4S/c1-29-16-12-15(13-17(14-16)30-2)23-21-22(25-20-11-7-6-10-19(20)24-21)26-31(27,28)18-8-4-3-5-9-18/h4-14H,1-2H3,(H,23,24)(H,25,26). The van der Waals surface area contributed by atoms with Crippen LogP contribution in [0.2, 0.25) is 0 Å². The van der Waals surface area contributed by atoms with Gasteiger partial charge in [0.25, 0.3) is 10.0 Å². The predicted molar refractivity (Wildman–Crippen MR) is 118 cm³/mol. The zero-order valence-electron chi connectivity index (χ0n) is 16.8. The number of hydrogen-bond acceptors (Lipinski definition) is 7. The lowest BCUT2D eigenvalue weighted by atomic mass is 10.2. The molecule has 0 atom stereocenters. The minimum Gasteiger partial charge on any atom is -0.497 e. The van der Waals surface area contributed by atoms with Crippen molar-refractivity contribution in [3.05, 3.63) is 72.8 Å². The molecule has 8 nitrogen and oxygen atoms in total. The number of fused-ring (bicyclic) bond motifs is 1. The molecule has 0 aliphatic rings. The second-order valence-electron chi connectivity index (χ2n) is 6.48. The summed E-state index contributed by atoms with van der Waals surface area (Å²) in [5, 5.41) is 3.12. The highest BCUT2D eigenvalue weighted by Gasteiger charge is 2.19. The molecule has 2 N–H and O–H groups in total. The number of para-hydroxylation sites is 2. The Labute approximate surface area is 179 Å². The van der Waals surface area contributed by atoms with Crippen molar-refractivity contribution in [1.82, 2.24) is 9.97 Å². The van der Waals surface area contributed by atoms with Gasteiger partial charge in [-0.1, -0.05) is 24.3 Å². The summed E-state index contributed by atoms with van der Waals surface area (Å²) >= 11 is 0. The average Bonchev–Trinajstić information content (AvgIpc) is 2.79. The molecule has 9 heteroatoms. The van der Waals surface area contributed by atoms with Gasteiger partial charge in [0.1, 0.15) is 11.5 Å². The summed E-state index contributed by atoms with van der Waals surface area (Å²) in [7, 11) is -0.791. The van der Waals surface area contributed by atoms with E-state index in [0.717, 1.165) is 0 Å². The fraction of sp³-hybridized carbons (Fsp3) is 0.0909. The SMILES string of the molecule is COc1cc(Nc2nc3ccccc3nc2NS(=O)(=O)c2cc[c]cc2)cc(OC)c1. The molecule has 1 heterocycles. The van der Waals surface area contributed by atoms with Gasteiger partial charge in [-0.25, -0.2) is 18.4 Å². The molecule has 0 amide bonds. The smallest absolute Gasteiger partial charge is 0.263 e. The van der Waals surface area contributed by atoms with Crippen molar-refractivity contribution in [3.63, 3.8) is 0 Å². The molecule has 1 radical (unpaired) electrons. The van der Waals surface area contributed by atoms with E-state index in [4.69, 9.17) is 9.47 Å². The van der Waals surface area contributed by atoms with Gasteiger partial charge >= 0.3 is 0 Å². The first-order valence-electron chi connectivity index (χ1n) is 9.24. The van der Waals surface area contributed by atoms with Crippen molar-refractivity contribution in [2.75, 3.05) is 24.3 Å². The van der Waals surface area contributed by atoms with Crippen LogP contribution in [0.25, 0.3) is 11.0 Å². The summed E-state index contributed by atoms with van der Waals surface area (Å²) in [6.07, 6.45) is 0. The van der Waals surface area contributed by atoms with E-state index in [9.17, 15) is 8.42 Å². The van der Waals surface area contributed by atoms with Crippen molar-refractivity contribution in [2.24, 2.45) is 0 Å². The fourth-order valence-corrected chi connectivity index (χ4v) is 3.92. The summed E-state index contributed by atoms with van der Waals surface area (Å²) in [6, 6.07) is 21.2. The third-order valence-electron chi connectivity index (χ3n) is 4.41. The average molecular weight is 435 g/mol. The van der Waals surface area contributed by atoms with Crippen molar-refractivity contribution in [1.29, 1.82) is 0 Å². The normalized spacial score (nSPS) is 11.2. The van der Waals surface area contributed by atoms with Crippen LogP contribution < -0.4 is 19.5 Å². The first kappa shape index (κ1) is 20.4. The number of aromatic nitrogens is 2. The third-order valence-corrected chi connectivity index (χ3v) is 5.77. The van der Waals surface area contributed by atoms with Crippen LogP contribution in [0, 0.1) is 6.07 Å². The Morgan fingerprint density at radius 3 is 2.00 bits per heavy atom. The van der Waals surface area contributed by atoms with E-state index in [1.807, 2.05) is 12.1 Å². The number of ether oxygens (including phenoxy) is 2. The van der Waals surface area contributed by atoms with Gasteiger partial charge in [0.15, 0.2) is 11.6 Å². The van der Waals surface area contributed by atoms with Gasteiger partial charge in [-0.2, -0.15) is 0 Å². The van der Waals surface area contributed by atoms with Crippen LogP contribution in [0.3, 0.4) is 0 Å². The van der Waals surface area contributed by atoms with E-state index in [2.05, 4.69) is 26.1 Å². The van der Waals surface area contributed by atoms with E-state index in [-0.39, 0.29) is 16.5 Å². The predicted octanol–water partition coefficient (Wildman–Crippen LogP) is 3.99. The Balaban J connectivity index is 1.79. The zero-order valence-corrected chi connectivity index (χ0v) is 17.6. The van der Waals surface area contributed by atoms with Crippen LogP contribution >= 0.6 is 0 Å². The Morgan fingerprint density at radius 2 is 1.42 bits per heavy atom. The first-order valence-corrected chi connectivity index (χ1v) is 10.7. The van der Waals surface area contributed by atoms with E-state index in [1.165, 1.54) is 24.3 Å². The summed E-state index contributed by atoms with van der Waals surface area (Å²) in [6.45, 7) is 0. The molecular formula is C22H19N4O4S. The van der Waals surface area contributed by atoms with Crippen LogP contribution in [-0.2, 0) is 10.0 Å². The van der Waals surface area contributed by atoms with Gasteiger partial charge in [-0.3, -0.25) is 4.72 Å². The topological polar surface area (TPSA) is 102 Å². The van der Waals surface area contributed by atoms with Crippen molar-refractivity contribution < 1.29 is 17.9 Å². The van der Waals surface area contributed by atoms with Crippen LogP contribution in [0.5, 0.6) is 11.5 Å². The number of benzene rings is 3. The second-order valence-corrected chi connectivity index (χ2v) is 8.16. The molecule has 157 valence electrons. The number of rotatable bonds is 7. The zero-order chi connectivity index (χ0) is 21.8. The fourth-order valence-electron chi connectivity index (χ4n) is 2.91. The molecule has 0 saturated heterocycles. The molecule has 3 aromatic carbocycles. The number of nitrogens with one attached hydrogen (secondary N) is 2. The molecule has 0 spiro atoms. The van der Waals surface area contributed by atoms with Gasteiger partial charge in [0.05, 0.1) is 30.1 Å². The van der Waals surface area contributed by atoms with Gasteiger partial charge in [0.2, 0.25) is 0 Å². The molecule has 0 bridgehead atoms. The minimum absolute atomic E-state index is 0.0633. The molecule has 31 heavy (non-hydrogen) atoms. The van der Waals surface area contributed by atoms with Crippen LogP contribution in [0.4, 0.5) is 17.3 Å². The molecule has 0 saturated carbocycles. The Bertz CT molecular complexity index is 1310. The highest BCUT2D eigenvalue weighted by atomic mass is 32.2. The maximum absolute atomic E-state index is 12.9. The first-order chi connectivity index (χ1) is 15.0. The van der Waals surface area contributed by atoms with Gasteiger partial charge in [0, 0.05) is 23.9 Å². The third kappa shape index (κ3) is 4.51. The Hall–Kier alpha value is -3.85. The number of hydrogen-bond donors (Lipinski definition) is 2. The molecule has 0 fully saturated rings. The molecule has 0 unspecified atom stereocenters. The van der Waals surface area contributed by atoms with E-state index in [1.54, 1.807) is 44.6 Å². The number of anilines is 3.